The summed E-state index contributed by atoms with van der Waals surface area (Å²) in [4.78, 5) is 15.3. The first kappa shape index (κ1) is 21.3. The highest BCUT2D eigenvalue weighted by molar-refractivity contribution is 5.85. The van der Waals surface area contributed by atoms with Crippen molar-refractivity contribution in [2.45, 2.75) is 32.4 Å². The monoisotopic (exact) mass is 388 g/mol. The van der Waals surface area contributed by atoms with Crippen molar-refractivity contribution in [1.82, 2.24) is 4.90 Å². The number of amides is 1. The van der Waals surface area contributed by atoms with Gasteiger partial charge in [-0.05, 0) is 48.6 Å². The minimum Gasteiger partial charge on any atom is -0.497 e. The van der Waals surface area contributed by atoms with Gasteiger partial charge in [0.05, 0.1) is 7.11 Å². The predicted molar refractivity (Wildman–Crippen MR) is 111 cm³/mol. The van der Waals surface area contributed by atoms with Crippen LogP contribution in [0.1, 0.15) is 30.4 Å². The van der Waals surface area contributed by atoms with Crippen LogP contribution in [0.25, 0.3) is 0 Å². The summed E-state index contributed by atoms with van der Waals surface area (Å²) in [5.74, 6) is 1.44. The average molecular weight is 389 g/mol. The van der Waals surface area contributed by atoms with Crippen LogP contribution in [0.5, 0.6) is 5.75 Å². The third-order valence-electron chi connectivity index (χ3n) is 5.34. The van der Waals surface area contributed by atoms with Crippen molar-refractivity contribution in [3.8, 4) is 5.75 Å². The first-order valence-corrected chi connectivity index (χ1v) is 9.37. The number of benzene rings is 2. The molecule has 1 saturated carbocycles. The van der Waals surface area contributed by atoms with Crippen LogP contribution in [0.3, 0.4) is 0 Å². The van der Waals surface area contributed by atoms with Gasteiger partial charge in [-0.1, -0.05) is 48.9 Å². The lowest BCUT2D eigenvalue weighted by atomic mass is 9.94. The number of rotatable bonds is 7. The fourth-order valence-corrected chi connectivity index (χ4v) is 3.85. The quantitative estimate of drug-likeness (QED) is 0.779. The molecule has 2 N–H and O–H groups in total. The molecule has 2 aromatic rings. The van der Waals surface area contributed by atoms with Crippen molar-refractivity contribution < 1.29 is 9.53 Å². The van der Waals surface area contributed by atoms with Gasteiger partial charge in [-0.3, -0.25) is 4.79 Å². The topological polar surface area (TPSA) is 55.6 Å². The molecule has 2 aromatic carbocycles. The van der Waals surface area contributed by atoms with E-state index in [0.717, 1.165) is 36.1 Å². The number of ether oxygens (including phenoxy) is 1. The maximum atomic E-state index is 13.3. The molecule has 1 aliphatic carbocycles. The maximum absolute atomic E-state index is 13.3. The molecule has 146 valence electrons. The summed E-state index contributed by atoms with van der Waals surface area (Å²) in [7, 11) is 1.66. The second kappa shape index (κ2) is 10.3. The highest BCUT2D eigenvalue weighted by atomic mass is 35.5. The zero-order valence-corrected chi connectivity index (χ0v) is 16.7. The molecule has 4 nitrogen and oxygen atoms in total. The molecular weight excluding hydrogens is 360 g/mol. The number of halogens is 1. The van der Waals surface area contributed by atoms with E-state index < -0.39 is 0 Å². The summed E-state index contributed by atoms with van der Waals surface area (Å²) in [6, 6.07) is 18.1. The number of carbonyl (C=O) groups is 1. The van der Waals surface area contributed by atoms with Gasteiger partial charge in [-0.2, -0.15) is 0 Å². The van der Waals surface area contributed by atoms with E-state index in [2.05, 4.69) is 12.1 Å². The second-order valence-corrected chi connectivity index (χ2v) is 7.06. The Morgan fingerprint density at radius 2 is 1.67 bits per heavy atom. The molecule has 0 aromatic heterocycles. The number of nitrogens with two attached hydrogens (primary N) is 1. The highest BCUT2D eigenvalue weighted by Gasteiger charge is 2.34. The van der Waals surface area contributed by atoms with Crippen LogP contribution < -0.4 is 10.5 Å². The molecule has 27 heavy (non-hydrogen) atoms. The Hall–Kier alpha value is -2.04. The van der Waals surface area contributed by atoms with Gasteiger partial charge in [0.1, 0.15) is 5.75 Å². The van der Waals surface area contributed by atoms with Crippen LogP contribution in [0.4, 0.5) is 0 Å². The zero-order valence-electron chi connectivity index (χ0n) is 15.8. The molecule has 0 unspecified atom stereocenters. The van der Waals surface area contributed by atoms with Gasteiger partial charge in [0.25, 0.3) is 0 Å². The van der Waals surface area contributed by atoms with Crippen molar-refractivity contribution in [1.29, 1.82) is 0 Å². The zero-order chi connectivity index (χ0) is 18.4. The molecule has 1 fully saturated rings. The maximum Gasteiger partial charge on any atom is 0.226 e. The number of nitrogens with zero attached hydrogens (tertiary/aromatic N) is 1. The van der Waals surface area contributed by atoms with E-state index in [1.807, 2.05) is 47.4 Å². The minimum absolute atomic E-state index is 0. The van der Waals surface area contributed by atoms with E-state index in [1.54, 1.807) is 7.11 Å². The van der Waals surface area contributed by atoms with E-state index in [0.29, 0.717) is 25.6 Å². The first-order chi connectivity index (χ1) is 12.7. The van der Waals surface area contributed by atoms with Crippen LogP contribution in [0.15, 0.2) is 54.6 Å². The van der Waals surface area contributed by atoms with E-state index in [-0.39, 0.29) is 24.2 Å². The molecule has 2 atom stereocenters. The van der Waals surface area contributed by atoms with E-state index in [4.69, 9.17) is 10.5 Å². The van der Waals surface area contributed by atoms with Crippen molar-refractivity contribution in [3.63, 3.8) is 0 Å². The smallest absolute Gasteiger partial charge is 0.226 e. The Labute approximate surface area is 168 Å². The summed E-state index contributed by atoms with van der Waals surface area (Å²) >= 11 is 0. The molecule has 0 bridgehead atoms. The van der Waals surface area contributed by atoms with Gasteiger partial charge in [-0.15, -0.1) is 12.4 Å². The Bertz CT molecular complexity index is 706. The lowest BCUT2D eigenvalue weighted by molar-refractivity contribution is -0.138. The Kier molecular flexibility index (Phi) is 8.14. The fraction of sp³-hybridized carbons (Fsp3) is 0.409. The normalized spacial score (nSPS) is 18.6. The molecule has 0 spiro atoms. The number of hydrogen-bond donors (Lipinski definition) is 1. The van der Waals surface area contributed by atoms with Crippen molar-refractivity contribution >= 4 is 18.3 Å². The van der Waals surface area contributed by atoms with Crippen LogP contribution in [0.2, 0.25) is 0 Å². The molecule has 0 aliphatic heterocycles. The molecular formula is C22H29ClN2O2. The lowest BCUT2D eigenvalue weighted by Crippen LogP contribution is -2.38. The van der Waals surface area contributed by atoms with Crippen LogP contribution >= 0.6 is 12.4 Å². The molecule has 3 rings (SSSR count). The van der Waals surface area contributed by atoms with E-state index in [1.165, 1.54) is 0 Å². The summed E-state index contributed by atoms with van der Waals surface area (Å²) < 4.78 is 5.23. The molecule has 0 radical (unpaired) electrons. The molecule has 1 aliphatic rings. The molecule has 1 amide bonds. The van der Waals surface area contributed by atoms with Gasteiger partial charge >= 0.3 is 0 Å². The lowest BCUT2D eigenvalue weighted by Gasteiger charge is -2.28. The van der Waals surface area contributed by atoms with Gasteiger partial charge in [0, 0.05) is 19.0 Å². The van der Waals surface area contributed by atoms with Gasteiger partial charge in [0.15, 0.2) is 0 Å². The Balaban J connectivity index is 0.00000261. The van der Waals surface area contributed by atoms with Gasteiger partial charge in [0.2, 0.25) is 5.91 Å². The summed E-state index contributed by atoms with van der Waals surface area (Å²) in [5, 5.41) is 0. The summed E-state index contributed by atoms with van der Waals surface area (Å²) in [6.07, 6.45) is 3.11. The second-order valence-electron chi connectivity index (χ2n) is 7.06. The van der Waals surface area contributed by atoms with Crippen molar-refractivity contribution in [2.24, 2.45) is 17.6 Å². The van der Waals surface area contributed by atoms with Crippen LogP contribution in [0, 0.1) is 11.8 Å². The van der Waals surface area contributed by atoms with Crippen molar-refractivity contribution in [3.05, 3.63) is 65.7 Å². The number of hydrogen-bond acceptors (Lipinski definition) is 3. The number of carbonyl (C=O) groups excluding carboxylic acids is 1. The van der Waals surface area contributed by atoms with E-state index >= 15 is 0 Å². The summed E-state index contributed by atoms with van der Waals surface area (Å²) in [5.41, 5.74) is 8.17. The number of methoxy groups -OCH3 is 1. The first-order valence-electron chi connectivity index (χ1n) is 9.37. The largest absolute Gasteiger partial charge is 0.497 e. The standard InChI is InChI=1S/C22H28N2O2.ClH/c1-26-20-12-10-18(11-13-20)16-24(15-17-6-3-2-4-7-17)22(25)21-9-5-8-19(21)14-23;/h2-4,6-7,10-13,19,21H,5,8-9,14-16,23H2,1H3;1H/t19-,21-;/m1./s1. The summed E-state index contributed by atoms with van der Waals surface area (Å²) in [6.45, 7) is 1.82. The van der Waals surface area contributed by atoms with Gasteiger partial charge < -0.3 is 15.4 Å². The average Bonchev–Trinajstić information content (AvgIpc) is 3.17. The molecule has 5 heteroatoms. The minimum atomic E-state index is 0. The molecule has 0 saturated heterocycles. The predicted octanol–water partition coefficient (Wildman–Crippen LogP) is 4.02. The van der Waals surface area contributed by atoms with Crippen LogP contribution in [-0.2, 0) is 17.9 Å². The SMILES string of the molecule is COc1ccc(CN(Cc2ccccc2)C(=O)[C@@H]2CCC[C@@H]2CN)cc1.Cl. The van der Waals surface area contributed by atoms with Crippen LogP contribution in [-0.4, -0.2) is 24.5 Å². The highest BCUT2D eigenvalue weighted by Crippen LogP contribution is 2.33. The van der Waals surface area contributed by atoms with Gasteiger partial charge in [-0.25, -0.2) is 0 Å². The third kappa shape index (κ3) is 5.47. The Morgan fingerprint density at radius 3 is 2.26 bits per heavy atom. The molecule has 0 heterocycles. The van der Waals surface area contributed by atoms with Crippen molar-refractivity contribution in [2.75, 3.05) is 13.7 Å². The fourth-order valence-electron chi connectivity index (χ4n) is 3.85. The Morgan fingerprint density at radius 1 is 1.04 bits per heavy atom. The van der Waals surface area contributed by atoms with E-state index in [9.17, 15) is 4.79 Å². The third-order valence-corrected chi connectivity index (χ3v) is 5.34.